The fraction of sp³-hybridized carbons (Fsp3) is 0.538. The van der Waals surface area contributed by atoms with E-state index in [4.69, 9.17) is 4.74 Å². The summed E-state index contributed by atoms with van der Waals surface area (Å²) in [6.07, 6.45) is 3.72. The van der Waals surface area contributed by atoms with Crippen LogP contribution < -0.4 is 0 Å². The molecule has 0 aliphatic heterocycles. The van der Waals surface area contributed by atoms with Gasteiger partial charge < -0.3 is 9.84 Å². The minimum Gasteiger partial charge on any atom is -0.466 e. The van der Waals surface area contributed by atoms with Crippen molar-refractivity contribution in [1.29, 1.82) is 0 Å². The predicted molar refractivity (Wildman–Crippen MR) is 64.2 cm³/mol. The lowest BCUT2D eigenvalue weighted by molar-refractivity contribution is -0.158. The summed E-state index contributed by atoms with van der Waals surface area (Å²) in [6, 6.07) is 3.50. The fourth-order valence-corrected chi connectivity index (χ4v) is 1.90. The third-order valence-electron chi connectivity index (χ3n) is 2.90. The van der Waals surface area contributed by atoms with E-state index in [-0.39, 0.29) is 5.97 Å². The van der Waals surface area contributed by atoms with Gasteiger partial charge in [0, 0.05) is 18.0 Å². The van der Waals surface area contributed by atoms with Crippen molar-refractivity contribution in [3.05, 3.63) is 30.1 Å². The Morgan fingerprint density at radius 2 is 2.29 bits per heavy atom. The molecule has 1 aromatic rings. The SMILES string of the molecule is CCOC(=O)C(CC)C(C)(O)c1cccnc1. The quantitative estimate of drug-likeness (QED) is 0.794. The molecule has 0 spiro atoms. The first-order chi connectivity index (χ1) is 8.04. The Balaban J connectivity index is 2.98. The number of aliphatic hydroxyl groups is 1. The van der Waals surface area contributed by atoms with Crippen LogP contribution in [-0.2, 0) is 15.1 Å². The van der Waals surface area contributed by atoms with E-state index in [2.05, 4.69) is 4.98 Å². The highest BCUT2D eigenvalue weighted by atomic mass is 16.5. The van der Waals surface area contributed by atoms with Gasteiger partial charge >= 0.3 is 5.97 Å². The van der Waals surface area contributed by atoms with Crippen molar-refractivity contribution in [2.45, 2.75) is 32.8 Å². The van der Waals surface area contributed by atoms with Gasteiger partial charge in [0.15, 0.2) is 0 Å². The molecular weight excluding hydrogens is 218 g/mol. The van der Waals surface area contributed by atoms with Crippen molar-refractivity contribution in [2.75, 3.05) is 6.61 Å². The standard InChI is InChI=1S/C13H19NO3/c1-4-11(12(15)17-5-2)13(3,16)10-7-6-8-14-9-10/h6-9,11,16H,4-5H2,1-3H3. The van der Waals surface area contributed by atoms with Gasteiger partial charge in [-0.3, -0.25) is 9.78 Å². The minimum absolute atomic E-state index is 0.318. The molecule has 0 amide bonds. The Morgan fingerprint density at radius 3 is 2.76 bits per heavy atom. The molecule has 1 heterocycles. The van der Waals surface area contributed by atoms with Gasteiger partial charge in [-0.2, -0.15) is 0 Å². The van der Waals surface area contributed by atoms with Crippen molar-refractivity contribution in [1.82, 2.24) is 4.98 Å². The first kappa shape index (κ1) is 13.6. The van der Waals surface area contributed by atoms with Crippen molar-refractivity contribution in [2.24, 2.45) is 5.92 Å². The fourth-order valence-electron chi connectivity index (χ4n) is 1.90. The summed E-state index contributed by atoms with van der Waals surface area (Å²) in [5, 5.41) is 10.5. The van der Waals surface area contributed by atoms with Crippen LogP contribution in [0.15, 0.2) is 24.5 Å². The molecule has 94 valence electrons. The van der Waals surface area contributed by atoms with Crippen LogP contribution in [0.2, 0.25) is 0 Å². The van der Waals surface area contributed by atoms with Crippen molar-refractivity contribution in [3.8, 4) is 0 Å². The summed E-state index contributed by atoms with van der Waals surface area (Å²) in [6.45, 7) is 5.55. The zero-order valence-electron chi connectivity index (χ0n) is 10.5. The van der Waals surface area contributed by atoms with Crippen molar-refractivity contribution >= 4 is 5.97 Å². The molecule has 17 heavy (non-hydrogen) atoms. The zero-order chi connectivity index (χ0) is 12.9. The molecule has 1 N–H and O–H groups in total. The molecule has 4 nitrogen and oxygen atoms in total. The van der Waals surface area contributed by atoms with Crippen LogP contribution in [-0.4, -0.2) is 22.7 Å². The van der Waals surface area contributed by atoms with Crippen LogP contribution in [0.5, 0.6) is 0 Å². The van der Waals surface area contributed by atoms with Gasteiger partial charge in [0.25, 0.3) is 0 Å². The molecule has 1 rings (SSSR count). The number of pyridine rings is 1. The molecule has 0 fully saturated rings. The molecular formula is C13H19NO3. The topological polar surface area (TPSA) is 59.4 Å². The van der Waals surface area contributed by atoms with Gasteiger partial charge in [-0.05, 0) is 26.3 Å². The van der Waals surface area contributed by atoms with Gasteiger partial charge in [0.05, 0.1) is 12.5 Å². The maximum Gasteiger partial charge on any atom is 0.312 e. The van der Waals surface area contributed by atoms with Crippen LogP contribution in [0.3, 0.4) is 0 Å². The van der Waals surface area contributed by atoms with Crippen LogP contribution in [0.4, 0.5) is 0 Å². The Labute approximate surface area is 102 Å². The summed E-state index contributed by atoms with van der Waals surface area (Å²) in [4.78, 5) is 15.8. The lowest BCUT2D eigenvalue weighted by atomic mass is 9.82. The third kappa shape index (κ3) is 3.03. The first-order valence-electron chi connectivity index (χ1n) is 5.83. The van der Waals surface area contributed by atoms with Gasteiger partial charge in [0.2, 0.25) is 0 Å². The molecule has 0 saturated heterocycles. The normalized spacial score (nSPS) is 16.0. The predicted octanol–water partition coefficient (Wildman–Crippen LogP) is 1.88. The monoisotopic (exact) mass is 237 g/mol. The Kier molecular flexibility index (Phi) is 4.63. The molecule has 2 unspecified atom stereocenters. The second-order valence-electron chi connectivity index (χ2n) is 4.10. The maximum atomic E-state index is 11.8. The summed E-state index contributed by atoms with van der Waals surface area (Å²) in [7, 11) is 0. The van der Waals surface area contributed by atoms with Gasteiger partial charge in [0.1, 0.15) is 5.60 Å². The Morgan fingerprint density at radius 1 is 1.59 bits per heavy atom. The number of esters is 1. The number of ether oxygens (including phenoxy) is 1. The molecule has 0 aromatic carbocycles. The minimum atomic E-state index is -1.25. The molecule has 0 aliphatic carbocycles. The van der Waals surface area contributed by atoms with Crippen molar-refractivity contribution in [3.63, 3.8) is 0 Å². The number of rotatable bonds is 5. The largest absolute Gasteiger partial charge is 0.466 e. The Bertz CT molecular complexity index is 362. The number of carbonyl (C=O) groups is 1. The van der Waals surface area contributed by atoms with Gasteiger partial charge in [-0.25, -0.2) is 0 Å². The summed E-state index contributed by atoms with van der Waals surface area (Å²) in [5.41, 5.74) is -0.630. The molecule has 0 saturated carbocycles. The summed E-state index contributed by atoms with van der Waals surface area (Å²) >= 11 is 0. The molecule has 1 aromatic heterocycles. The van der Waals surface area contributed by atoms with Crippen LogP contribution in [0.1, 0.15) is 32.8 Å². The third-order valence-corrected chi connectivity index (χ3v) is 2.90. The number of aromatic nitrogens is 1. The molecule has 2 atom stereocenters. The zero-order valence-corrected chi connectivity index (χ0v) is 10.5. The van der Waals surface area contributed by atoms with E-state index < -0.39 is 11.5 Å². The smallest absolute Gasteiger partial charge is 0.312 e. The number of hydrogen-bond donors (Lipinski definition) is 1. The summed E-state index contributed by atoms with van der Waals surface area (Å²) in [5.74, 6) is -0.949. The highest BCUT2D eigenvalue weighted by molar-refractivity contribution is 5.74. The average molecular weight is 237 g/mol. The van der Waals surface area contributed by atoms with E-state index >= 15 is 0 Å². The second-order valence-corrected chi connectivity index (χ2v) is 4.10. The summed E-state index contributed by atoms with van der Waals surface area (Å²) < 4.78 is 4.98. The molecule has 4 heteroatoms. The number of hydrogen-bond acceptors (Lipinski definition) is 4. The van der Waals surface area contributed by atoms with Gasteiger partial charge in [-0.1, -0.05) is 13.0 Å². The van der Waals surface area contributed by atoms with E-state index in [1.165, 1.54) is 0 Å². The lowest BCUT2D eigenvalue weighted by Gasteiger charge is -2.30. The highest BCUT2D eigenvalue weighted by Gasteiger charge is 2.38. The average Bonchev–Trinajstić information content (AvgIpc) is 2.31. The van der Waals surface area contributed by atoms with E-state index in [9.17, 15) is 9.90 Å². The molecule has 0 aliphatic rings. The number of nitrogens with zero attached hydrogens (tertiary/aromatic N) is 1. The lowest BCUT2D eigenvalue weighted by Crippen LogP contribution is -2.38. The van der Waals surface area contributed by atoms with E-state index in [0.717, 1.165) is 0 Å². The van der Waals surface area contributed by atoms with Crippen LogP contribution in [0, 0.1) is 5.92 Å². The van der Waals surface area contributed by atoms with E-state index in [1.807, 2.05) is 6.92 Å². The number of carbonyl (C=O) groups excluding carboxylic acids is 1. The van der Waals surface area contributed by atoms with E-state index in [1.54, 1.807) is 38.4 Å². The highest BCUT2D eigenvalue weighted by Crippen LogP contribution is 2.31. The van der Waals surface area contributed by atoms with Gasteiger partial charge in [-0.15, -0.1) is 0 Å². The van der Waals surface area contributed by atoms with Crippen molar-refractivity contribution < 1.29 is 14.6 Å². The first-order valence-corrected chi connectivity index (χ1v) is 5.83. The maximum absolute atomic E-state index is 11.8. The van der Waals surface area contributed by atoms with E-state index in [0.29, 0.717) is 18.6 Å². The Hall–Kier alpha value is -1.42. The molecule has 0 bridgehead atoms. The van der Waals surface area contributed by atoms with Crippen LogP contribution >= 0.6 is 0 Å². The molecule has 0 radical (unpaired) electrons. The second kappa shape index (κ2) is 5.77. The van der Waals surface area contributed by atoms with Crippen LogP contribution in [0.25, 0.3) is 0 Å².